The second-order valence-electron chi connectivity index (χ2n) is 4.00. The molecular weight excluding hydrogens is 214 g/mol. The molecule has 88 valence electrons. The lowest BCUT2D eigenvalue weighted by Crippen LogP contribution is -2.26. The number of carbonyl (C=O) groups excluding carboxylic acids is 1. The van der Waals surface area contributed by atoms with Gasteiger partial charge < -0.3 is 10.0 Å². The van der Waals surface area contributed by atoms with Crippen molar-refractivity contribution in [1.29, 1.82) is 0 Å². The number of rotatable bonds is 2. The Labute approximate surface area is 100 Å². The zero-order chi connectivity index (χ0) is 12.4. The molecule has 0 spiro atoms. The maximum absolute atomic E-state index is 12.0. The molecule has 0 atom stereocenters. The number of benzene rings is 2. The van der Waals surface area contributed by atoms with Gasteiger partial charge >= 0.3 is 0 Å². The van der Waals surface area contributed by atoms with Gasteiger partial charge in [0.05, 0.1) is 5.56 Å². The van der Waals surface area contributed by atoms with Crippen LogP contribution in [0.5, 0.6) is 5.75 Å². The summed E-state index contributed by atoms with van der Waals surface area (Å²) in [6, 6.07) is 11.0. The van der Waals surface area contributed by atoms with E-state index in [1.54, 1.807) is 18.0 Å². The molecule has 2 aromatic rings. The number of fused-ring (bicyclic) bond motifs is 1. The van der Waals surface area contributed by atoms with Crippen LogP contribution in [0.1, 0.15) is 17.3 Å². The van der Waals surface area contributed by atoms with Crippen LogP contribution in [0, 0.1) is 0 Å². The Balaban J connectivity index is 2.56. The van der Waals surface area contributed by atoms with E-state index in [1.807, 2.05) is 37.3 Å². The van der Waals surface area contributed by atoms with E-state index in [9.17, 15) is 9.90 Å². The third-order valence-electron chi connectivity index (χ3n) is 2.95. The largest absolute Gasteiger partial charge is 0.506 e. The number of aromatic hydroxyl groups is 1. The molecule has 0 aromatic heterocycles. The number of amides is 1. The van der Waals surface area contributed by atoms with E-state index in [0.717, 1.165) is 5.39 Å². The Bertz CT molecular complexity index is 563. The molecule has 3 heteroatoms. The summed E-state index contributed by atoms with van der Waals surface area (Å²) in [5, 5.41) is 11.8. The third-order valence-corrected chi connectivity index (χ3v) is 2.95. The summed E-state index contributed by atoms with van der Waals surface area (Å²) in [5.41, 5.74) is 0.355. The van der Waals surface area contributed by atoms with E-state index >= 15 is 0 Å². The summed E-state index contributed by atoms with van der Waals surface area (Å²) in [7, 11) is 1.72. The number of phenolic OH excluding ortho intramolecular Hbond substituents is 1. The SMILES string of the molecule is CCN(C)C(=O)c1ccc2ccccc2c1O. The van der Waals surface area contributed by atoms with Crippen LogP contribution in [0.25, 0.3) is 10.8 Å². The van der Waals surface area contributed by atoms with Crippen LogP contribution in [0.2, 0.25) is 0 Å². The molecule has 0 saturated carbocycles. The van der Waals surface area contributed by atoms with Crippen molar-refractivity contribution in [3.63, 3.8) is 0 Å². The first-order valence-electron chi connectivity index (χ1n) is 5.61. The van der Waals surface area contributed by atoms with E-state index < -0.39 is 0 Å². The van der Waals surface area contributed by atoms with Crippen LogP contribution in [-0.2, 0) is 0 Å². The lowest BCUT2D eigenvalue weighted by Gasteiger charge is -2.16. The molecular formula is C14H15NO2. The van der Waals surface area contributed by atoms with Crippen LogP contribution in [0.15, 0.2) is 36.4 Å². The Hall–Kier alpha value is -2.03. The van der Waals surface area contributed by atoms with E-state index in [4.69, 9.17) is 0 Å². The number of nitrogens with zero attached hydrogens (tertiary/aromatic N) is 1. The van der Waals surface area contributed by atoms with Crippen molar-refractivity contribution in [3.05, 3.63) is 42.0 Å². The molecule has 3 nitrogen and oxygen atoms in total. The molecule has 0 bridgehead atoms. The second-order valence-corrected chi connectivity index (χ2v) is 4.00. The molecule has 17 heavy (non-hydrogen) atoms. The molecule has 0 heterocycles. The van der Waals surface area contributed by atoms with Crippen molar-refractivity contribution in [2.45, 2.75) is 6.92 Å². The smallest absolute Gasteiger partial charge is 0.257 e. The van der Waals surface area contributed by atoms with E-state index in [1.165, 1.54) is 0 Å². The quantitative estimate of drug-likeness (QED) is 0.860. The van der Waals surface area contributed by atoms with Crippen LogP contribution in [0.3, 0.4) is 0 Å². The average Bonchev–Trinajstić information content (AvgIpc) is 2.38. The second kappa shape index (κ2) is 4.45. The third kappa shape index (κ3) is 1.96. The number of carbonyl (C=O) groups is 1. The molecule has 0 aliphatic rings. The Morgan fingerprint density at radius 2 is 1.94 bits per heavy atom. The first kappa shape index (κ1) is 11.5. The van der Waals surface area contributed by atoms with Gasteiger partial charge in [-0.25, -0.2) is 0 Å². The van der Waals surface area contributed by atoms with Crippen LogP contribution >= 0.6 is 0 Å². The number of hydrogen-bond donors (Lipinski definition) is 1. The summed E-state index contributed by atoms with van der Waals surface area (Å²) < 4.78 is 0. The standard InChI is InChI=1S/C14H15NO2/c1-3-15(2)14(17)12-9-8-10-6-4-5-7-11(10)13(12)16/h4-9,16H,3H2,1-2H3. The number of hydrogen-bond acceptors (Lipinski definition) is 2. The Morgan fingerprint density at radius 1 is 1.24 bits per heavy atom. The molecule has 2 rings (SSSR count). The lowest BCUT2D eigenvalue weighted by atomic mass is 10.0. The van der Waals surface area contributed by atoms with Crippen LogP contribution in [-0.4, -0.2) is 29.5 Å². The van der Waals surface area contributed by atoms with Crippen molar-refractivity contribution < 1.29 is 9.90 Å². The normalized spacial score (nSPS) is 10.5. The van der Waals surface area contributed by atoms with Gasteiger partial charge in [0.2, 0.25) is 0 Å². The van der Waals surface area contributed by atoms with Gasteiger partial charge in [0.15, 0.2) is 0 Å². The number of phenols is 1. The summed E-state index contributed by atoms with van der Waals surface area (Å²) in [6.45, 7) is 2.51. The van der Waals surface area contributed by atoms with Gasteiger partial charge in [-0.3, -0.25) is 4.79 Å². The summed E-state index contributed by atoms with van der Waals surface area (Å²) >= 11 is 0. The fraction of sp³-hybridized carbons (Fsp3) is 0.214. The summed E-state index contributed by atoms with van der Waals surface area (Å²) in [6.07, 6.45) is 0. The van der Waals surface area contributed by atoms with Gasteiger partial charge in [0.1, 0.15) is 5.75 Å². The van der Waals surface area contributed by atoms with Crippen molar-refractivity contribution in [1.82, 2.24) is 4.90 Å². The van der Waals surface area contributed by atoms with Crippen molar-refractivity contribution >= 4 is 16.7 Å². The lowest BCUT2D eigenvalue weighted by molar-refractivity contribution is 0.0800. The van der Waals surface area contributed by atoms with Gasteiger partial charge in [-0.2, -0.15) is 0 Å². The van der Waals surface area contributed by atoms with Gasteiger partial charge in [-0.05, 0) is 18.4 Å². The zero-order valence-corrected chi connectivity index (χ0v) is 9.97. The maximum Gasteiger partial charge on any atom is 0.257 e. The maximum atomic E-state index is 12.0. The molecule has 0 radical (unpaired) electrons. The Morgan fingerprint density at radius 3 is 2.65 bits per heavy atom. The topological polar surface area (TPSA) is 40.5 Å². The Kier molecular flexibility index (Phi) is 3.00. The predicted molar refractivity (Wildman–Crippen MR) is 68.2 cm³/mol. The molecule has 1 amide bonds. The first-order valence-corrected chi connectivity index (χ1v) is 5.61. The molecule has 0 unspecified atom stereocenters. The first-order chi connectivity index (χ1) is 8.15. The summed E-state index contributed by atoms with van der Waals surface area (Å²) in [5.74, 6) is -0.0934. The van der Waals surface area contributed by atoms with Gasteiger partial charge in [-0.1, -0.05) is 30.3 Å². The highest BCUT2D eigenvalue weighted by atomic mass is 16.3. The zero-order valence-electron chi connectivity index (χ0n) is 9.97. The van der Waals surface area contributed by atoms with E-state index in [0.29, 0.717) is 17.5 Å². The van der Waals surface area contributed by atoms with Crippen molar-refractivity contribution in [2.24, 2.45) is 0 Å². The van der Waals surface area contributed by atoms with Gasteiger partial charge in [0, 0.05) is 19.0 Å². The molecule has 1 N–H and O–H groups in total. The minimum absolute atomic E-state index is 0.0633. The van der Waals surface area contributed by atoms with Crippen LogP contribution < -0.4 is 0 Å². The monoisotopic (exact) mass is 229 g/mol. The minimum atomic E-state index is -0.157. The van der Waals surface area contributed by atoms with E-state index in [2.05, 4.69) is 0 Å². The average molecular weight is 229 g/mol. The molecule has 2 aromatic carbocycles. The summed E-state index contributed by atoms with van der Waals surface area (Å²) in [4.78, 5) is 13.6. The highest BCUT2D eigenvalue weighted by Gasteiger charge is 2.16. The minimum Gasteiger partial charge on any atom is -0.506 e. The van der Waals surface area contributed by atoms with Gasteiger partial charge in [0.25, 0.3) is 5.91 Å². The molecule has 0 fully saturated rings. The molecule has 0 aliphatic carbocycles. The highest BCUT2D eigenvalue weighted by molar-refractivity contribution is 6.03. The van der Waals surface area contributed by atoms with Crippen LogP contribution in [0.4, 0.5) is 0 Å². The molecule has 0 aliphatic heterocycles. The van der Waals surface area contributed by atoms with Crippen molar-refractivity contribution in [3.8, 4) is 5.75 Å². The fourth-order valence-corrected chi connectivity index (χ4v) is 1.78. The van der Waals surface area contributed by atoms with Gasteiger partial charge in [-0.15, -0.1) is 0 Å². The van der Waals surface area contributed by atoms with Crippen molar-refractivity contribution in [2.75, 3.05) is 13.6 Å². The predicted octanol–water partition coefficient (Wildman–Crippen LogP) is 2.64. The molecule has 0 saturated heterocycles. The van der Waals surface area contributed by atoms with E-state index in [-0.39, 0.29) is 11.7 Å². The highest BCUT2D eigenvalue weighted by Crippen LogP contribution is 2.29. The fourth-order valence-electron chi connectivity index (χ4n) is 1.78.